The van der Waals surface area contributed by atoms with Gasteiger partial charge in [-0.2, -0.15) is 0 Å². The molecule has 0 atom stereocenters. The molecule has 1 aromatic heterocycles. The number of aryl methyl sites for hydroxylation is 1. The molecule has 1 aliphatic heterocycles. The molecule has 2 heterocycles. The molecular formula is C12H20N2O. The summed E-state index contributed by atoms with van der Waals surface area (Å²) in [7, 11) is 1.50. The molecule has 2 N–H and O–H groups in total. The first-order chi connectivity index (χ1) is 7.38. The molecule has 1 aromatic rings. The number of pyridine rings is 1. The number of nitrogens with two attached hydrogens (primary N) is 1. The molecule has 0 bridgehead atoms. The van der Waals surface area contributed by atoms with Crippen LogP contribution < -0.4 is 5.73 Å². The summed E-state index contributed by atoms with van der Waals surface area (Å²) in [6.07, 6.45) is 6.16. The number of hydrogen-bond donors (Lipinski definition) is 1. The van der Waals surface area contributed by atoms with Crippen LogP contribution in [0.4, 0.5) is 0 Å². The minimum Gasteiger partial charge on any atom is -0.381 e. The summed E-state index contributed by atoms with van der Waals surface area (Å²) in [6, 6.07) is 2.09. The second kappa shape index (κ2) is 6.53. The smallest absolute Gasteiger partial charge is 0.0471 e. The van der Waals surface area contributed by atoms with Gasteiger partial charge < -0.3 is 10.5 Å². The van der Waals surface area contributed by atoms with E-state index < -0.39 is 0 Å². The number of ether oxygens (including phenoxy) is 1. The van der Waals surface area contributed by atoms with Gasteiger partial charge in [0.25, 0.3) is 0 Å². The predicted molar refractivity (Wildman–Crippen MR) is 61.9 cm³/mol. The van der Waals surface area contributed by atoms with Gasteiger partial charge >= 0.3 is 0 Å². The first kappa shape index (κ1) is 12.1. The lowest BCUT2D eigenvalue weighted by Gasteiger charge is -2.23. The maximum Gasteiger partial charge on any atom is 0.0471 e. The Kier molecular flexibility index (Phi) is 5.29. The molecule has 0 saturated carbocycles. The SMILES string of the molecule is CN.Cc1ccncc1C1CCOCC1. The first-order valence-corrected chi connectivity index (χ1v) is 5.44. The number of rotatable bonds is 1. The molecule has 0 unspecified atom stereocenters. The van der Waals surface area contributed by atoms with Gasteiger partial charge in [-0.25, -0.2) is 0 Å². The first-order valence-electron chi connectivity index (χ1n) is 5.44. The van der Waals surface area contributed by atoms with Crippen LogP contribution in [0, 0.1) is 6.92 Å². The van der Waals surface area contributed by atoms with Crippen molar-refractivity contribution in [2.24, 2.45) is 5.73 Å². The molecule has 2 rings (SSSR count). The molecule has 84 valence electrons. The monoisotopic (exact) mass is 208 g/mol. The average molecular weight is 208 g/mol. The van der Waals surface area contributed by atoms with Gasteiger partial charge in [0, 0.05) is 25.6 Å². The molecule has 0 radical (unpaired) electrons. The minimum atomic E-state index is 0.669. The molecule has 1 fully saturated rings. The summed E-state index contributed by atoms with van der Waals surface area (Å²) in [5, 5.41) is 0. The maximum absolute atomic E-state index is 5.34. The molecule has 1 aliphatic rings. The summed E-state index contributed by atoms with van der Waals surface area (Å²) in [5.41, 5.74) is 7.27. The number of nitrogens with zero attached hydrogens (tertiary/aromatic N) is 1. The fourth-order valence-electron chi connectivity index (χ4n) is 1.91. The normalized spacial score (nSPS) is 16.7. The maximum atomic E-state index is 5.34. The third-order valence-corrected chi connectivity index (χ3v) is 2.74. The molecule has 15 heavy (non-hydrogen) atoms. The van der Waals surface area contributed by atoms with Crippen LogP contribution >= 0.6 is 0 Å². The zero-order valence-corrected chi connectivity index (χ0v) is 9.57. The van der Waals surface area contributed by atoms with Crippen molar-refractivity contribution < 1.29 is 4.74 Å². The summed E-state index contributed by atoms with van der Waals surface area (Å²) in [5.74, 6) is 0.669. The number of hydrogen-bond acceptors (Lipinski definition) is 3. The van der Waals surface area contributed by atoms with Gasteiger partial charge in [-0.3, -0.25) is 4.98 Å². The fourth-order valence-corrected chi connectivity index (χ4v) is 1.91. The van der Waals surface area contributed by atoms with E-state index in [4.69, 9.17) is 4.74 Å². The van der Waals surface area contributed by atoms with Crippen LogP contribution in [0.3, 0.4) is 0 Å². The zero-order chi connectivity index (χ0) is 11.1. The van der Waals surface area contributed by atoms with E-state index in [0.29, 0.717) is 5.92 Å². The van der Waals surface area contributed by atoms with Gasteiger partial charge in [0.05, 0.1) is 0 Å². The lowest BCUT2D eigenvalue weighted by molar-refractivity contribution is 0.0851. The molecule has 1 saturated heterocycles. The molecule has 3 heteroatoms. The Morgan fingerprint density at radius 3 is 2.60 bits per heavy atom. The van der Waals surface area contributed by atoms with E-state index in [1.165, 1.54) is 18.2 Å². The highest BCUT2D eigenvalue weighted by molar-refractivity contribution is 5.25. The van der Waals surface area contributed by atoms with E-state index in [1.807, 2.05) is 12.4 Å². The Labute approximate surface area is 91.7 Å². The van der Waals surface area contributed by atoms with Gasteiger partial charge in [-0.15, -0.1) is 0 Å². The van der Waals surface area contributed by atoms with Crippen molar-refractivity contribution in [1.29, 1.82) is 0 Å². The Bertz CT molecular complexity index is 283. The van der Waals surface area contributed by atoms with Crippen molar-refractivity contribution in [3.8, 4) is 0 Å². The highest BCUT2D eigenvalue weighted by Gasteiger charge is 2.17. The van der Waals surface area contributed by atoms with E-state index in [1.54, 1.807) is 0 Å². The molecule has 0 amide bonds. The van der Waals surface area contributed by atoms with Crippen molar-refractivity contribution in [2.75, 3.05) is 20.3 Å². The molecule has 0 aliphatic carbocycles. The molecule has 0 spiro atoms. The van der Waals surface area contributed by atoms with Crippen molar-refractivity contribution in [2.45, 2.75) is 25.7 Å². The van der Waals surface area contributed by atoms with E-state index >= 15 is 0 Å². The minimum absolute atomic E-state index is 0.669. The van der Waals surface area contributed by atoms with Crippen molar-refractivity contribution in [3.05, 3.63) is 29.6 Å². The molecule has 3 nitrogen and oxygen atoms in total. The summed E-state index contributed by atoms with van der Waals surface area (Å²) >= 11 is 0. The van der Waals surface area contributed by atoms with Gasteiger partial charge in [-0.05, 0) is 49.9 Å². The summed E-state index contributed by atoms with van der Waals surface area (Å²) < 4.78 is 5.34. The average Bonchev–Trinajstić information content (AvgIpc) is 2.33. The topological polar surface area (TPSA) is 48.1 Å². The Morgan fingerprint density at radius 2 is 2.00 bits per heavy atom. The van der Waals surface area contributed by atoms with Crippen LogP contribution in [-0.2, 0) is 4.74 Å². The summed E-state index contributed by atoms with van der Waals surface area (Å²) in [4.78, 5) is 4.18. The van der Waals surface area contributed by atoms with Crippen LogP contribution in [0.15, 0.2) is 18.5 Å². The molecular weight excluding hydrogens is 188 g/mol. The quantitative estimate of drug-likeness (QED) is 0.766. The summed E-state index contributed by atoms with van der Waals surface area (Å²) in [6.45, 7) is 3.96. The zero-order valence-electron chi connectivity index (χ0n) is 9.57. The van der Waals surface area contributed by atoms with Crippen molar-refractivity contribution in [3.63, 3.8) is 0 Å². The van der Waals surface area contributed by atoms with Crippen LogP contribution in [-0.4, -0.2) is 25.2 Å². The van der Waals surface area contributed by atoms with Gasteiger partial charge in [0.15, 0.2) is 0 Å². The number of aromatic nitrogens is 1. The Hall–Kier alpha value is -0.930. The van der Waals surface area contributed by atoms with Gasteiger partial charge in [-0.1, -0.05) is 0 Å². The van der Waals surface area contributed by atoms with Crippen LogP contribution in [0.2, 0.25) is 0 Å². The van der Waals surface area contributed by atoms with Crippen LogP contribution in [0.5, 0.6) is 0 Å². The highest BCUT2D eigenvalue weighted by Crippen LogP contribution is 2.28. The lowest BCUT2D eigenvalue weighted by atomic mass is 9.90. The second-order valence-electron chi connectivity index (χ2n) is 3.62. The van der Waals surface area contributed by atoms with E-state index in [9.17, 15) is 0 Å². The lowest BCUT2D eigenvalue weighted by Crippen LogP contribution is -2.15. The third-order valence-electron chi connectivity index (χ3n) is 2.74. The van der Waals surface area contributed by atoms with Crippen molar-refractivity contribution >= 4 is 0 Å². The largest absolute Gasteiger partial charge is 0.381 e. The van der Waals surface area contributed by atoms with Crippen molar-refractivity contribution in [1.82, 2.24) is 4.98 Å². The Balaban J connectivity index is 0.000000531. The second-order valence-corrected chi connectivity index (χ2v) is 3.62. The highest BCUT2D eigenvalue weighted by atomic mass is 16.5. The van der Waals surface area contributed by atoms with Crippen LogP contribution in [0.25, 0.3) is 0 Å². The molecule has 0 aromatic carbocycles. The van der Waals surface area contributed by atoms with Gasteiger partial charge in [0.2, 0.25) is 0 Å². The van der Waals surface area contributed by atoms with E-state index in [-0.39, 0.29) is 0 Å². The third kappa shape index (κ3) is 3.29. The predicted octanol–water partition coefficient (Wildman–Crippen LogP) is 1.86. The standard InChI is InChI=1S/C11H15NO.CH5N/c1-9-2-5-12-8-11(9)10-3-6-13-7-4-10;1-2/h2,5,8,10H,3-4,6-7H2,1H3;2H2,1H3. The Morgan fingerprint density at radius 1 is 1.33 bits per heavy atom. The van der Waals surface area contributed by atoms with Gasteiger partial charge in [0.1, 0.15) is 0 Å². The fraction of sp³-hybridized carbons (Fsp3) is 0.583. The van der Waals surface area contributed by atoms with Crippen LogP contribution in [0.1, 0.15) is 29.9 Å². The van der Waals surface area contributed by atoms with E-state index in [2.05, 4.69) is 23.7 Å². The van der Waals surface area contributed by atoms with E-state index in [0.717, 1.165) is 26.1 Å².